The smallest absolute Gasteiger partial charge is 0.185 e. The molecule has 1 aliphatic rings. The van der Waals surface area contributed by atoms with E-state index in [0.717, 1.165) is 20.8 Å². The Morgan fingerprint density at radius 2 is 1.56 bits per heavy atom. The van der Waals surface area contributed by atoms with Gasteiger partial charge < -0.3 is 19.7 Å². The van der Waals surface area contributed by atoms with Crippen LogP contribution in [0.4, 0.5) is 0 Å². The number of carbonyl (C=O) groups is 1. The van der Waals surface area contributed by atoms with Crippen LogP contribution in [0.15, 0.2) is 45.9 Å². The zero-order valence-corrected chi connectivity index (χ0v) is 16.4. The number of ether oxygens (including phenoxy) is 2. The fourth-order valence-corrected chi connectivity index (χ4v) is 2.37. The van der Waals surface area contributed by atoms with E-state index in [9.17, 15) is 4.79 Å². The monoisotopic (exact) mass is 476 g/mol. The number of halogens is 2. The molecule has 1 saturated heterocycles. The molecule has 3 heterocycles. The minimum atomic E-state index is -0.227. The van der Waals surface area contributed by atoms with Crippen LogP contribution in [0.3, 0.4) is 0 Å². The van der Waals surface area contributed by atoms with Gasteiger partial charge in [-0.3, -0.25) is 14.8 Å². The van der Waals surface area contributed by atoms with Gasteiger partial charge in [0.15, 0.2) is 12.6 Å². The van der Waals surface area contributed by atoms with E-state index >= 15 is 0 Å². The molecule has 0 bridgehead atoms. The molecule has 0 aromatic carbocycles. The Morgan fingerprint density at radius 1 is 1.00 bits per heavy atom. The number of hydrogen-bond acceptors (Lipinski definition) is 7. The van der Waals surface area contributed by atoms with Crippen LogP contribution in [-0.4, -0.2) is 52.9 Å². The molecule has 0 radical (unpaired) electrons. The molecule has 25 heavy (non-hydrogen) atoms. The van der Waals surface area contributed by atoms with Crippen molar-refractivity contribution in [3.63, 3.8) is 0 Å². The van der Waals surface area contributed by atoms with Crippen molar-refractivity contribution in [3.8, 4) is 0 Å². The van der Waals surface area contributed by atoms with Gasteiger partial charge in [-0.05, 0) is 44.0 Å². The van der Waals surface area contributed by atoms with Gasteiger partial charge in [0.2, 0.25) is 0 Å². The normalized spacial score (nSPS) is 13.3. The maximum absolute atomic E-state index is 10.1. The van der Waals surface area contributed by atoms with Crippen molar-refractivity contribution < 1.29 is 24.5 Å². The molecule has 1 aliphatic heterocycles. The number of aliphatic hydroxyl groups is 2. The number of aliphatic hydroxyl groups excluding tert-OH is 2. The standard InChI is InChI=1S/C8H8BrNO2.C6H4BrNO.C2H6O2/c9-7-3-6(4-10-5-7)8-11-1-2-12-8;7-6-1-5(4-9)2-8-3-6;3-1-2-4/h3-5,8H,1-2H2;1-4H;3-4H,1-2H2. The van der Waals surface area contributed by atoms with E-state index in [-0.39, 0.29) is 19.5 Å². The molecule has 0 saturated carbocycles. The third kappa shape index (κ3) is 9.15. The lowest BCUT2D eigenvalue weighted by molar-refractivity contribution is -0.0443. The molecule has 1 fully saturated rings. The molecule has 0 amide bonds. The quantitative estimate of drug-likeness (QED) is 0.654. The van der Waals surface area contributed by atoms with Gasteiger partial charge in [0, 0.05) is 44.9 Å². The number of nitrogens with zero attached hydrogens (tertiary/aromatic N) is 2. The van der Waals surface area contributed by atoms with E-state index in [1.54, 1.807) is 24.7 Å². The highest BCUT2D eigenvalue weighted by atomic mass is 79.9. The van der Waals surface area contributed by atoms with Crippen molar-refractivity contribution >= 4 is 38.1 Å². The first-order chi connectivity index (χ1) is 12.1. The highest BCUT2D eigenvalue weighted by molar-refractivity contribution is 9.10. The van der Waals surface area contributed by atoms with E-state index < -0.39 is 0 Å². The van der Waals surface area contributed by atoms with Gasteiger partial charge in [-0.25, -0.2) is 0 Å². The summed E-state index contributed by atoms with van der Waals surface area (Å²) in [6.45, 7) is 1.08. The van der Waals surface area contributed by atoms with E-state index in [1.807, 2.05) is 6.07 Å². The molecule has 2 aromatic rings. The number of pyridine rings is 2. The Kier molecular flexibility index (Phi) is 11.4. The van der Waals surface area contributed by atoms with Gasteiger partial charge >= 0.3 is 0 Å². The Balaban J connectivity index is 0.000000213. The minimum absolute atomic E-state index is 0.125. The van der Waals surface area contributed by atoms with Crippen molar-refractivity contribution in [2.24, 2.45) is 0 Å². The van der Waals surface area contributed by atoms with Crippen LogP contribution in [-0.2, 0) is 9.47 Å². The Hall–Kier alpha value is -1.23. The lowest BCUT2D eigenvalue weighted by Gasteiger charge is -2.07. The maximum Gasteiger partial charge on any atom is 0.185 e. The summed E-state index contributed by atoms with van der Waals surface area (Å²) in [6, 6.07) is 3.66. The van der Waals surface area contributed by atoms with Crippen molar-refractivity contribution in [2.45, 2.75) is 6.29 Å². The fourth-order valence-electron chi connectivity index (χ4n) is 1.60. The molecule has 2 N–H and O–H groups in total. The maximum atomic E-state index is 10.1. The van der Waals surface area contributed by atoms with Crippen LogP contribution in [0, 0.1) is 0 Å². The zero-order valence-electron chi connectivity index (χ0n) is 13.2. The van der Waals surface area contributed by atoms with Crippen LogP contribution >= 0.6 is 31.9 Å². The lowest BCUT2D eigenvalue weighted by Crippen LogP contribution is -1.98. The van der Waals surface area contributed by atoms with Gasteiger partial charge in [0.05, 0.1) is 26.4 Å². The third-order valence-electron chi connectivity index (χ3n) is 2.58. The van der Waals surface area contributed by atoms with Crippen LogP contribution in [0.25, 0.3) is 0 Å². The summed E-state index contributed by atoms with van der Waals surface area (Å²) in [5, 5.41) is 15.2. The van der Waals surface area contributed by atoms with Crippen molar-refractivity contribution in [2.75, 3.05) is 26.4 Å². The molecule has 9 heteroatoms. The van der Waals surface area contributed by atoms with E-state index in [0.29, 0.717) is 18.8 Å². The zero-order chi connectivity index (χ0) is 18.5. The summed E-state index contributed by atoms with van der Waals surface area (Å²) >= 11 is 6.52. The van der Waals surface area contributed by atoms with Crippen molar-refractivity contribution in [1.29, 1.82) is 0 Å². The Morgan fingerprint density at radius 3 is 2.00 bits per heavy atom. The van der Waals surface area contributed by atoms with Crippen molar-refractivity contribution in [3.05, 3.63) is 57.0 Å². The average Bonchev–Trinajstić information content (AvgIpc) is 3.17. The van der Waals surface area contributed by atoms with Crippen LogP contribution < -0.4 is 0 Å². The van der Waals surface area contributed by atoms with Crippen LogP contribution in [0.1, 0.15) is 22.2 Å². The van der Waals surface area contributed by atoms with E-state index in [4.69, 9.17) is 19.7 Å². The lowest BCUT2D eigenvalue weighted by atomic mass is 10.3. The first-order valence-electron chi connectivity index (χ1n) is 7.21. The molecule has 2 aromatic heterocycles. The second kappa shape index (κ2) is 13.0. The van der Waals surface area contributed by atoms with Crippen LogP contribution in [0.5, 0.6) is 0 Å². The number of hydrogen-bond donors (Lipinski definition) is 2. The average molecular weight is 478 g/mol. The molecular weight excluding hydrogens is 460 g/mol. The fraction of sp³-hybridized carbons (Fsp3) is 0.312. The molecule has 0 unspecified atom stereocenters. The second-order valence-electron chi connectivity index (χ2n) is 4.51. The SMILES string of the molecule is Brc1cncc(C2OCCO2)c1.O=Cc1cncc(Br)c1.OCCO. The molecule has 0 aliphatic carbocycles. The molecule has 3 rings (SSSR count). The van der Waals surface area contributed by atoms with Gasteiger partial charge in [0.1, 0.15) is 0 Å². The number of aromatic nitrogens is 2. The Labute approximate surface area is 162 Å². The second-order valence-corrected chi connectivity index (χ2v) is 6.34. The number of aldehydes is 1. The predicted molar refractivity (Wildman–Crippen MR) is 98.1 cm³/mol. The van der Waals surface area contributed by atoms with Gasteiger partial charge in [-0.1, -0.05) is 0 Å². The summed E-state index contributed by atoms with van der Waals surface area (Å²) in [5.41, 5.74) is 1.55. The topological polar surface area (TPSA) is 102 Å². The molecular formula is C16H18Br2N2O5. The Bertz CT molecular complexity index is 637. The molecule has 7 nitrogen and oxygen atoms in total. The highest BCUT2D eigenvalue weighted by Crippen LogP contribution is 2.24. The highest BCUT2D eigenvalue weighted by Gasteiger charge is 2.18. The van der Waals surface area contributed by atoms with Crippen LogP contribution in [0.2, 0.25) is 0 Å². The van der Waals surface area contributed by atoms with Crippen molar-refractivity contribution in [1.82, 2.24) is 9.97 Å². The van der Waals surface area contributed by atoms with Gasteiger partial charge in [-0.15, -0.1) is 0 Å². The molecule has 136 valence electrons. The first kappa shape index (κ1) is 21.8. The summed E-state index contributed by atoms with van der Waals surface area (Å²) in [4.78, 5) is 17.9. The number of rotatable bonds is 3. The molecule has 0 spiro atoms. The third-order valence-corrected chi connectivity index (χ3v) is 3.45. The van der Waals surface area contributed by atoms with Gasteiger partial charge in [-0.2, -0.15) is 0 Å². The summed E-state index contributed by atoms with van der Waals surface area (Å²) in [7, 11) is 0. The first-order valence-corrected chi connectivity index (χ1v) is 8.80. The summed E-state index contributed by atoms with van der Waals surface area (Å²) < 4.78 is 12.4. The molecule has 0 atom stereocenters. The summed E-state index contributed by atoms with van der Waals surface area (Å²) in [5.74, 6) is 0. The predicted octanol–water partition coefficient (Wildman–Crippen LogP) is 2.52. The van der Waals surface area contributed by atoms with E-state index in [1.165, 1.54) is 6.20 Å². The number of carbonyl (C=O) groups excluding carboxylic acids is 1. The van der Waals surface area contributed by atoms with E-state index in [2.05, 4.69) is 41.8 Å². The largest absolute Gasteiger partial charge is 0.394 e. The minimum Gasteiger partial charge on any atom is -0.394 e. The van der Waals surface area contributed by atoms with Gasteiger partial charge in [0.25, 0.3) is 0 Å². The summed E-state index contributed by atoms with van der Waals surface area (Å²) in [6.07, 6.45) is 7.16.